The molecular weight excluding hydrogens is 284 g/mol. The van der Waals surface area contributed by atoms with Crippen LogP contribution in [0, 0.1) is 0 Å². The fourth-order valence-corrected chi connectivity index (χ4v) is 2.29. The SMILES string of the molecule is CSc1nccc(-n2ccnc2C(=O)c2ccccc2)n1. The van der Waals surface area contributed by atoms with E-state index in [0.29, 0.717) is 22.4 Å². The third-order valence-corrected chi connectivity index (χ3v) is 3.49. The topological polar surface area (TPSA) is 60.7 Å². The minimum atomic E-state index is -0.134. The highest BCUT2D eigenvalue weighted by molar-refractivity contribution is 7.98. The number of hydrogen-bond acceptors (Lipinski definition) is 5. The molecule has 0 amide bonds. The van der Waals surface area contributed by atoms with Crippen molar-refractivity contribution in [2.24, 2.45) is 0 Å². The smallest absolute Gasteiger partial charge is 0.228 e. The van der Waals surface area contributed by atoms with Crippen molar-refractivity contribution in [3.05, 3.63) is 66.4 Å². The molecule has 2 heterocycles. The molecule has 0 spiro atoms. The molecule has 3 aromatic rings. The molecule has 6 heteroatoms. The van der Waals surface area contributed by atoms with Crippen LogP contribution in [-0.2, 0) is 0 Å². The number of carbonyl (C=O) groups is 1. The van der Waals surface area contributed by atoms with Crippen LogP contribution in [0.1, 0.15) is 16.2 Å². The van der Waals surface area contributed by atoms with Gasteiger partial charge in [-0.1, -0.05) is 42.1 Å². The van der Waals surface area contributed by atoms with Crippen molar-refractivity contribution in [1.82, 2.24) is 19.5 Å². The van der Waals surface area contributed by atoms with Gasteiger partial charge < -0.3 is 0 Å². The lowest BCUT2D eigenvalue weighted by Gasteiger charge is -2.07. The number of hydrogen-bond donors (Lipinski definition) is 0. The van der Waals surface area contributed by atoms with Gasteiger partial charge in [-0.3, -0.25) is 9.36 Å². The molecule has 21 heavy (non-hydrogen) atoms. The Morgan fingerprint density at radius 3 is 2.67 bits per heavy atom. The third kappa shape index (κ3) is 2.71. The third-order valence-electron chi connectivity index (χ3n) is 2.93. The lowest BCUT2D eigenvalue weighted by atomic mass is 10.1. The summed E-state index contributed by atoms with van der Waals surface area (Å²) < 4.78 is 1.68. The Bertz CT molecular complexity index is 770. The van der Waals surface area contributed by atoms with Gasteiger partial charge in [-0.15, -0.1) is 0 Å². The second kappa shape index (κ2) is 5.88. The summed E-state index contributed by atoms with van der Waals surface area (Å²) in [6.45, 7) is 0. The van der Waals surface area contributed by atoms with Crippen LogP contribution in [0.3, 0.4) is 0 Å². The van der Waals surface area contributed by atoms with E-state index in [1.165, 1.54) is 11.8 Å². The van der Waals surface area contributed by atoms with Crippen LogP contribution in [0.2, 0.25) is 0 Å². The number of rotatable bonds is 4. The number of imidazole rings is 1. The predicted octanol–water partition coefficient (Wildman–Crippen LogP) is 2.62. The Kier molecular flexibility index (Phi) is 3.79. The molecule has 0 aliphatic heterocycles. The molecule has 0 aliphatic rings. The van der Waals surface area contributed by atoms with Gasteiger partial charge in [0.2, 0.25) is 5.78 Å². The van der Waals surface area contributed by atoms with Crippen molar-refractivity contribution in [2.75, 3.05) is 6.26 Å². The Morgan fingerprint density at radius 2 is 1.90 bits per heavy atom. The highest BCUT2D eigenvalue weighted by atomic mass is 32.2. The van der Waals surface area contributed by atoms with Crippen molar-refractivity contribution in [1.29, 1.82) is 0 Å². The number of benzene rings is 1. The van der Waals surface area contributed by atoms with Gasteiger partial charge in [-0.2, -0.15) is 0 Å². The summed E-state index contributed by atoms with van der Waals surface area (Å²) in [6.07, 6.45) is 6.90. The van der Waals surface area contributed by atoms with Gasteiger partial charge in [0.15, 0.2) is 11.0 Å². The standard InChI is InChI=1S/C15H12N4OS/c1-21-15-17-8-7-12(18-15)19-10-9-16-14(19)13(20)11-5-3-2-4-6-11/h2-10H,1H3. The second-order valence-corrected chi connectivity index (χ2v) is 4.99. The van der Waals surface area contributed by atoms with E-state index in [1.54, 1.807) is 41.4 Å². The molecular formula is C15H12N4OS. The molecule has 0 unspecified atom stereocenters. The minimum Gasteiger partial charge on any atom is -0.285 e. The minimum absolute atomic E-state index is 0.134. The number of ketones is 1. The van der Waals surface area contributed by atoms with Crippen molar-refractivity contribution >= 4 is 17.5 Å². The first-order valence-corrected chi connectivity index (χ1v) is 7.52. The maximum Gasteiger partial charge on any atom is 0.228 e. The van der Waals surface area contributed by atoms with Gasteiger partial charge in [0.05, 0.1) is 0 Å². The summed E-state index contributed by atoms with van der Waals surface area (Å²) in [4.78, 5) is 25.2. The van der Waals surface area contributed by atoms with Gasteiger partial charge in [-0.25, -0.2) is 15.0 Å². The first-order valence-electron chi connectivity index (χ1n) is 6.30. The average molecular weight is 296 g/mol. The summed E-state index contributed by atoms with van der Waals surface area (Å²) in [7, 11) is 0. The van der Waals surface area contributed by atoms with Crippen LogP contribution < -0.4 is 0 Å². The van der Waals surface area contributed by atoms with Crippen molar-refractivity contribution in [2.45, 2.75) is 5.16 Å². The summed E-state index contributed by atoms with van der Waals surface area (Å²) in [5, 5.41) is 0.652. The first kappa shape index (κ1) is 13.5. The molecule has 5 nitrogen and oxygen atoms in total. The maximum atomic E-state index is 12.5. The lowest BCUT2D eigenvalue weighted by Crippen LogP contribution is -2.11. The predicted molar refractivity (Wildman–Crippen MR) is 80.8 cm³/mol. The van der Waals surface area contributed by atoms with Crippen LogP contribution >= 0.6 is 11.8 Å². The average Bonchev–Trinajstić information content (AvgIpc) is 3.04. The van der Waals surface area contributed by atoms with Crippen LogP contribution in [0.5, 0.6) is 0 Å². The zero-order chi connectivity index (χ0) is 14.7. The van der Waals surface area contributed by atoms with E-state index in [0.717, 1.165) is 0 Å². The van der Waals surface area contributed by atoms with E-state index in [1.807, 2.05) is 24.5 Å². The van der Waals surface area contributed by atoms with E-state index in [2.05, 4.69) is 15.0 Å². The van der Waals surface area contributed by atoms with Gasteiger partial charge in [0, 0.05) is 24.2 Å². The Labute approximate surface area is 126 Å². The van der Waals surface area contributed by atoms with Crippen LogP contribution in [0.25, 0.3) is 5.82 Å². The van der Waals surface area contributed by atoms with Crippen molar-refractivity contribution in [3.8, 4) is 5.82 Å². The molecule has 0 bridgehead atoms. The van der Waals surface area contributed by atoms with Crippen LogP contribution in [-0.4, -0.2) is 31.6 Å². The molecule has 0 atom stereocenters. The molecule has 3 rings (SSSR count). The molecule has 104 valence electrons. The van der Waals surface area contributed by atoms with Gasteiger partial charge in [0.1, 0.15) is 5.82 Å². The molecule has 0 radical (unpaired) electrons. The number of thioether (sulfide) groups is 1. The highest BCUT2D eigenvalue weighted by Crippen LogP contribution is 2.15. The summed E-state index contributed by atoms with van der Waals surface area (Å²) >= 11 is 1.45. The molecule has 0 saturated carbocycles. The second-order valence-electron chi connectivity index (χ2n) is 4.22. The van der Waals surface area contributed by atoms with Crippen molar-refractivity contribution < 1.29 is 4.79 Å². The molecule has 1 aromatic carbocycles. The van der Waals surface area contributed by atoms with Gasteiger partial charge in [0.25, 0.3) is 0 Å². The van der Waals surface area contributed by atoms with Gasteiger partial charge in [-0.05, 0) is 12.3 Å². The van der Waals surface area contributed by atoms with E-state index < -0.39 is 0 Å². The number of nitrogens with zero attached hydrogens (tertiary/aromatic N) is 4. The normalized spacial score (nSPS) is 10.5. The Hall–Kier alpha value is -2.47. The van der Waals surface area contributed by atoms with Crippen LogP contribution in [0.4, 0.5) is 0 Å². The first-order chi connectivity index (χ1) is 10.3. The zero-order valence-corrected chi connectivity index (χ0v) is 12.1. The largest absolute Gasteiger partial charge is 0.285 e. The maximum absolute atomic E-state index is 12.5. The highest BCUT2D eigenvalue weighted by Gasteiger charge is 2.16. The zero-order valence-electron chi connectivity index (χ0n) is 11.3. The number of carbonyl (C=O) groups excluding carboxylic acids is 1. The number of aromatic nitrogens is 4. The summed E-state index contributed by atoms with van der Waals surface area (Å²) in [5.74, 6) is 0.836. The van der Waals surface area contributed by atoms with E-state index in [4.69, 9.17) is 0 Å². The quantitative estimate of drug-likeness (QED) is 0.421. The molecule has 2 aromatic heterocycles. The molecule has 0 fully saturated rings. The fraction of sp³-hybridized carbons (Fsp3) is 0.0667. The lowest BCUT2D eigenvalue weighted by molar-refractivity contribution is 0.102. The molecule has 0 N–H and O–H groups in total. The summed E-state index contributed by atoms with van der Waals surface area (Å²) in [6, 6.07) is 10.8. The Balaban J connectivity index is 2.03. The monoisotopic (exact) mass is 296 g/mol. The van der Waals surface area contributed by atoms with Gasteiger partial charge >= 0.3 is 0 Å². The Morgan fingerprint density at radius 1 is 1.10 bits per heavy atom. The van der Waals surface area contributed by atoms with E-state index in [9.17, 15) is 4.79 Å². The molecule has 0 saturated heterocycles. The molecule has 0 aliphatic carbocycles. The summed E-state index contributed by atoms with van der Waals surface area (Å²) in [5.41, 5.74) is 0.601. The fourth-order valence-electron chi connectivity index (χ4n) is 1.94. The van der Waals surface area contributed by atoms with Crippen LogP contribution in [0.15, 0.2) is 60.1 Å². The van der Waals surface area contributed by atoms with E-state index >= 15 is 0 Å². The van der Waals surface area contributed by atoms with E-state index in [-0.39, 0.29) is 5.78 Å². The van der Waals surface area contributed by atoms with Crippen molar-refractivity contribution in [3.63, 3.8) is 0 Å².